The Morgan fingerprint density at radius 3 is 2.54 bits per heavy atom. The molecule has 1 unspecified atom stereocenters. The van der Waals surface area contributed by atoms with Gasteiger partial charge in [-0.3, -0.25) is 4.79 Å². The van der Waals surface area contributed by atoms with E-state index >= 15 is 0 Å². The molecule has 1 aliphatic rings. The zero-order chi connectivity index (χ0) is 16.4. The molecule has 1 atom stereocenters. The first-order valence-electron chi connectivity index (χ1n) is 7.81. The summed E-state index contributed by atoms with van der Waals surface area (Å²) in [6, 6.07) is 17.2. The van der Waals surface area contributed by atoms with Crippen LogP contribution in [0.5, 0.6) is 0 Å². The largest absolute Gasteiger partial charge is 0.399 e. The molecule has 2 aromatic carbocycles. The number of amides is 1. The molecule has 5 heteroatoms. The lowest BCUT2D eigenvalue weighted by Gasteiger charge is -2.45. The maximum absolute atomic E-state index is 13.0. The van der Waals surface area contributed by atoms with Crippen LogP contribution in [0.15, 0.2) is 54.6 Å². The molecule has 0 spiro atoms. The molecule has 0 saturated carbocycles. The van der Waals surface area contributed by atoms with Gasteiger partial charge >= 0.3 is 0 Å². The van der Waals surface area contributed by atoms with Crippen LogP contribution in [0.25, 0.3) is 0 Å². The number of nitrogens with zero attached hydrogens (tertiary/aromatic N) is 1. The van der Waals surface area contributed by atoms with Crippen molar-refractivity contribution in [2.45, 2.75) is 25.5 Å². The number of halogens is 1. The quantitative estimate of drug-likeness (QED) is 0.844. The lowest BCUT2D eigenvalue weighted by molar-refractivity contribution is -0.0846. The Balaban J connectivity index is 0.00000208. The third kappa shape index (κ3) is 3.71. The molecule has 24 heavy (non-hydrogen) atoms. The van der Waals surface area contributed by atoms with Crippen LogP contribution in [0.3, 0.4) is 0 Å². The highest BCUT2D eigenvalue weighted by atomic mass is 35.5. The van der Waals surface area contributed by atoms with E-state index in [1.807, 2.05) is 61.2 Å². The minimum absolute atomic E-state index is 0. The van der Waals surface area contributed by atoms with Crippen LogP contribution in [0, 0.1) is 0 Å². The lowest BCUT2D eigenvalue weighted by Crippen LogP contribution is -2.56. The molecule has 1 aliphatic heterocycles. The van der Waals surface area contributed by atoms with Gasteiger partial charge in [0.25, 0.3) is 5.91 Å². The van der Waals surface area contributed by atoms with Gasteiger partial charge in [0.2, 0.25) is 0 Å². The van der Waals surface area contributed by atoms with Crippen LogP contribution in [-0.2, 0) is 4.74 Å². The number of anilines is 1. The van der Waals surface area contributed by atoms with E-state index in [4.69, 9.17) is 10.5 Å². The molecule has 3 rings (SSSR count). The van der Waals surface area contributed by atoms with Crippen molar-refractivity contribution in [2.24, 2.45) is 0 Å². The summed E-state index contributed by atoms with van der Waals surface area (Å²) in [5.41, 5.74) is 7.77. The van der Waals surface area contributed by atoms with Crippen molar-refractivity contribution in [3.05, 3.63) is 65.7 Å². The summed E-state index contributed by atoms with van der Waals surface area (Å²) >= 11 is 0. The van der Waals surface area contributed by atoms with E-state index in [0.29, 0.717) is 24.4 Å². The Kier molecular flexibility index (Phi) is 5.52. The van der Waals surface area contributed by atoms with E-state index in [9.17, 15) is 4.79 Å². The number of ether oxygens (including phenoxy) is 1. The fourth-order valence-electron chi connectivity index (χ4n) is 2.90. The second kappa shape index (κ2) is 7.24. The maximum atomic E-state index is 13.0. The van der Waals surface area contributed by atoms with Crippen LogP contribution in [0.1, 0.15) is 35.9 Å². The van der Waals surface area contributed by atoms with Crippen molar-refractivity contribution in [1.82, 2.24) is 4.90 Å². The molecular weight excluding hydrogens is 324 g/mol. The lowest BCUT2D eigenvalue weighted by atomic mass is 9.96. The first-order valence-corrected chi connectivity index (χ1v) is 7.81. The number of rotatable bonds is 2. The van der Waals surface area contributed by atoms with Gasteiger partial charge in [0, 0.05) is 11.3 Å². The number of nitrogen functional groups attached to an aromatic ring is 1. The second-order valence-corrected chi connectivity index (χ2v) is 6.56. The first-order chi connectivity index (χ1) is 11.0. The average Bonchev–Trinajstić information content (AvgIpc) is 2.55. The molecule has 0 aliphatic carbocycles. The predicted octanol–water partition coefficient (Wildman–Crippen LogP) is 3.68. The van der Waals surface area contributed by atoms with Crippen LogP contribution in [-0.4, -0.2) is 29.5 Å². The number of carbonyl (C=O) groups excluding carboxylic acids is 1. The Hall–Kier alpha value is -2.04. The van der Waals surface area contributed by atoms with Crippen molar-refractivity contribution in [2.75, 3.05) is 18.9 Å². The SMILES string of the molecule is CC1(C)COC(c2ccccc2)CN1C(=O)c1cccc(N)c1.Cl. The number of nitrogens with two attached hydrogens (primary N) is 1. The number of hydrogen-bond acceptors (Lipinski definition) is 3. The van der Waals surface area contributed by atoms with E-state index in [1.54, 1.807) is 12.1 Å². The predicted molar refractivity (Wildman–Crippen MR) is 98.4 cm³/mol. The zero-order valence-corrected chi connectivity index (χ0v) is 14.8. The molecule has 0 aromatic heterocycles. The van der Waals surface area contributed by atoms with Crippen molar-refractivity contribution in [3.8, 4) is 0 Å². The third-order valence-corrected chi connectivity index (χ3v) is 4.27. The zero-order valence-electron chi connectivity index (χ0n) is 13.9. The molecule has 128 valence electrons. The maximum Gasteiger partial charge on any atom is 0.254 e. The number of morpholine rings is 1. The van der Waals surface area contributed by atoms with Crippen molar-refractivity contribution < 1.29 is 9.53 Å². The molecule has 1 heterocycles. The van der Waals surface area contributed by atoms with Gasteiger partial charge in [0.1, 0.15) is 6.10 Å². The van der Waals surface area contributed by atoms with Gasteiger partial charge in [-0.05, 0) is 37.6 Å². The molecule has 1 fully saturated rings. The van der Waals surface area contributed by atoms with Crippen LogP contribution < -0.4 is 5.73 Å². The summed E-state index contributed by atoms with van der Waals surface area (Å²) in [4.78, 5) is 14.9. The Morgan fingerprint density at radius 2 is 1.88 bits per heavy atom. The molecule has 0 bridgehead atoms. The van der Waals surface area contributed by atoms with Gasteiger partial charge in [-0.2, -0.15) is 0 Å². The number of carbonyl (C=O) groups is 1. The summed E-state index contributed by atoms with van der Waals surface area (Å²) in [7, 11) is 0. The number of hydrogen-bond donors (Lipinski definition) is 1. The monoisotopic (exact) mass is 346 g/mol. The van der Waals surface area contributed by atoms with Crippen molar-refractivity contribution >= 4 is 24.0 Å². The molecule has 4 nitrogen and oxygen atoms in total. The van der Waals surface area contributed by atoms with Crippen molar-refractivity contribution in [3.63, 3.8) is 0 Å². The smallest absolute Gasteiger partial charge is 0.254 e. The van der Waals surface area contributed by atoms with Gasteiger partial charge in [-0.25, -0.2) is 0 Å². The summed E-state index contributed by atoms with van der Waals surface area (Å²) in [6.45, 7) is 5.09. The highest BCUT2D eigenvalue weighted by Gasteiger charge is 2.38. The van der Waals surface area contributed by atoms with E-state index in [0.717, 1.165) is 5.56 Å². The van der Waals surface area contributed by atoms with Gasteiger partial charge in [0.15, 0.2) is 0 Å². The normalized spacial score (nSPS) is 19.4. The molecular formula is C19H23ClN2O2. The topological polar surface area (TPSA) is 55.6 Å². The van der Waals surface area contributed by atoms with Gasteiger partial charge < -0.3 is 15.4 Å². The third-order valence-electron chi connectivity index (χ3n) is 4.27. The van der Waals surface area contributed by atoms with Gasteiger partial charge in [-0.1, -0.05) is 36.4 Å². The highest BCUT2D eigenvalue weighted by Crippen LogP contribution is 2.31. The molecule has 1 saturated heterocycles. The summed E-state index contributed by atoms with van der Waals surface area (Å²) in [6.07, 6.45) is -0.103. The van der Waals surface area contributed by atoms with Crippen LogP contribution in [0.2, 0.25) is 0 Å². The molecule has 2 aromatic rings. The minimum atomic E-state index is -0.354. The standard InChI is InChI=1S/C19H22N2O2.ClH/c1-19(2)13-23-17(14-7-4-3-5-8-14)12-21(19)18(22)15-9-6-10-16(20)11-15;/h3-11,17H,12-13,20H2,1-2H3;1H. The van der Waals surface area contributed by atoms with E-state index in [-0.39, 0.29) is 30.0 Å². The van der Waals surface area contributed by atoms with Crippen LogP contribution in [0.4, 0.5) is 5.69 Å². The van der Waals surface area contributed by atoms with Crippen LogP contribution >= 0.6 is 12.4 Å². The second-order valence-electron chi connectivity index (χ2n) is 6.56. The van der Waals surface area contributed by atoms with Gasteiger partial charge in [0.05, 0.1) is 18.7 Å². The molecule has 2 N–H and O–H groups in total. The first kappa shape index (κ1) is 18.3. The van der Waals surface area contributed by atoms with Crippen molar-refractivity contribution in [1.29, 1.82) is 0 Å². The summed E-state index contributed by atoms with van der Waals surface area (Å²) < 4.78 is 6.00. The Labute approximate surface area is 149 Å². The fourth-order valence-corrected chi connectivity index (χ4v) is 2.90. The van der Waals surface area contributed by atoms with E-state index in [1.165, 1.54) is 0 Å². The number of benzene rings is 2. The molecule has 1 amide bonds. The molecule has 0 radical (unpaired) electrons. The summed E-state index contributed by atoms with van der Waals surface area (Å²) in [5.74, 6) is -0.00784. The van der Waals surface area contributed by atoms with E-state index in [2.05, 4.69) is 0 Å². The average molecular weight is 347 g/mol. The highest BCUT2D eigenvalue weighted by molar-refractivity contribution is 5.95. The van der Waals surface area contributed by atoms with E-state index < -0.39 is 0 Å². The summed E-state index contributed by atoms with van der Waals surface area (Å²) in [5, 5.41) is 0. The minimum Gasteiger partial charge on any atom is -0.399 e. The fraction of sp³-hybridized carbons (Fsp3) is 0.316. The Morgan fingerprint density at radius 1 is 1.17 bits per heavy atom. The van der Waals surface area contributed by atoms with Gasteiger partial charge in [-0.15, -0.1) is 12.4 Å². The Bertz CT molecular complexity index is 704.